The summed E-state index contributed by atoms with van der Waals surface area (Å²) >= 11 is 0. The number of ether oxygens (including phenoxy) is 2. The van der Waals surface area contributed by atoms with Crippen molar-refractivity contribution in [1.82, 2.24) is 4.98 Å². The highest BCUT2D eigenvalue weighted by Crippen LogP contribution is 2.22. The molecule has 0 atom stereocenters. The molecule has 0 N–H and O–H groups in total. The lowest BCUT2D eigenvalue weighted by Crippen LogP contribution is -2.13. The van der Waals surface area contributed by atoms with Crippen LogP contribution in [0, 0.1) is 0 Å². The second kappa shape index (κ2) is 5.95. The molecule has 1 aromatic heterocycles. The van der Waals surface area contributed by atoms with Gasteiger partial charge in [-0.15, -0.1) is 0 Å². The summed E-state index contributed by atoms with van der Waals surface area (Å²) < 4.78 is 10.9. The third-order valence-corrected chi connectivity index (χ3v) is 3.07. The van der Waals surface area contributed by atoms with E-state index in [1.807, 2.05) is 36.4 Å². The van der Waals surface area contributed by atoms with Crippen LogP contribution in [0.1, 0.15) is 32.0 Å². The first-order chi connectivity index (χ1) is 9.49. The van der Waals surface area contributed by atoms with Crippen LogP contribution in [0.15, 0.2) is 42.6 Å². The summed E-state index contributed by atoms with van der Waals surface area (Å²) in [5, 5.41) is 0. The number of nitrogens with zero attached hydrogens (tertiary/aromatic N) is 1. The van der Waals surface area contributed by atoms with E-state index in [4.69, 9.17) is 9.47 Å². The minimum atomic E-state index is 0.0640. The standard InChI is InChI=1S/C17H21NO2/c1-17(2,3)16-10-9-15(11-18-16)20-12-13-5-7-14(19-4)8-6-13/h5-11H,12H2,1-4H3. The van der Waals surface area contributed by atoms with Crippen LogP contribution >= 0.6 is 0 Å². The minimum Gasteiger partial charge on any atom is -0.497 e. The lowest BCUT2D eigenvalue weighted by atomic mass is 9.92. The van der Waals surface area contributed by atoms with Gasteiger partial charge >= 0.3 is 0 Å². The van der Waals surface area contributed by atoms with Gasteiger partial charge < -0.3 is 9.47 Å². The van der Waals surface area contributed by atoms with E-state index in [-0.39, 0.29) is 5.41 Å². The second-order valence-corrected chi connectivity index (χ2v) is 5.77. The Kier molecular flexibility index (Phi) is 4.28. The van der Waals surface area contributed by atoms with Crippen LogP contribution in [0.25, 0.3) is 0 Å². The van der Waals surface area contributed by atoms with Crippen LogP contribution < -0.4 is 9.47 Å². The number of methoxy groups -OCH3 is 1. The molecule has 0 spiro atoms. The minimum absolute atomic E-state index is 0.0640. The first-order valence-corrected chi connectivity index (χ1v) is 6.71. The van der Waals surface area contributed by atoms with Crippen molar-refractivity contribution in [2.24, 2.45) is 0 Å². The summed E-state index contributed by atoms with van der Waals surface area (Å²) in [6.07, 6.45) is 1.78. The summed E-state index contributed by atoms with van der Waals surface area (Å²) in [5.74, 6) is 1.64. The van der Waals surface area contributed by atoms with Crippen LogP contribution in [0.5, 0.6) is 11.5 Å². The molecule has 3 nitrogen and oxygen atoms in total. The molecular formula is C17H21NO2. The van der Waals surface area contributed by atoms with E-state index in [0.29, 0.717) is 6.61 Å². The monoisotopic (exact) mass is 271 g/mol. The Balaban J connectivity index is 1.96. The van der Waals surface area contributed by atoms with Crippen molar-refractivity contribution < 1.29 is 9.47 Å². The maximum atomic E-state index is 5.73. The Morgan fingerprint density at radius 2 is 1.60 bits per heavy atom. The van der Waals surface area contributed by atoms with Gasteiger partial charge in [0.1, 0.15) is 18.1 Å². The average Bonchev–Trinajstić information content (AvgIpc) is 2.45. The van der Waals surface area contributed by atoms with Crippen LogP contribution in [-0.4, -0.2) is 12.1 Å². The number of hydrogen-bond acceptors (Lipinski definition) is 3. The highest BCUT2D eigenvalue weighted by molar-refractivity contribution is 5.28. The summed E-state index contributed by atoms with van der Waals surface area (Å²) in [4.78, 5) is 4.44. The molecule has 0 radical (unpaired) electrons. The molecule has 0 aliphatic rings. The molecule has 0 unspecified atom stereocenters. The maximum Gasteiger partial charge on any atom is 0.138 e. The van der Waals surface area contributed by atoms with E-state index in [2.05, 4.69) is 25.8 Å². The Morgan fingerprint density at radius 3 is 2.10 bits per heavy atom. The molecule has 106 valence electrons. The maximum absolute atomic E-state index is 5.73. The SMILES string of the molecule is COc1ccc(COc2ccc(C(C)(C)C)nc2)cc1. The number of pyridine rings is 1. The molecular weight excluding hydrogens is 250 g/mol. The second-order valence-electron chi connectivity index (χ2n) is 5.77. The van der Waals surface area contributed by atoms with E-state index in [9.17, 15) is 0 Å². The van der Waals surface area contributed by atoms with Gasteiger partial charge in [-0.05, 0) is 29.8 Å². The molecule has 0 aliphatic heterocycles. The summed E-state index contributed by atoms with van der Waals surface area (Å²) in [5.41, 5.74) is 2.23. The van der Waals surface area contributed by atoms with Crippen molar-refractivity contribution in [2.75, 3.05) is 7.11 Å². The van der Waals surface area contributed by atoms with Crippen molar-refractivity contribution in [2.45, 2.75) is 32.8 Å². The zero-order valence-electron chi connectivity index (χ0n) is 12.5. The number of aromatic nitrogens is 1. The molecule has 0 bridgehead atoms. The number of hydrogen-bond donors (Lipinski definition) is 0. The highest BCUT2D eigenvalue weighted by atomic mass is 16.5. The zero-order valence-corrected chi connectivity index (χ0v) is 12.5. The van der Waals surface area contributed by atoms with Gasteiger partial charge in [-0.2, -0.15) is 0 Å². The molecule has 2 aromatic rings. The van der Waals surface area contributed by atoms with Gasteiger partial charge in [0.15, 0.2) is 0 Å². The summed E-state index contributed by atoms with van der Waals surface area (Å²) in [6, 6.07) is 11.8. The van der Waals surface area contributed by atoms with Crippen molar-refractivity contribution in [3.8, 4) is 11.5 Å². The average molecular weight is 271 g/mol. The lowest BCUT2D eigenvalue weighted by molar-refractivity contribution is 0.304. The Labute approximate surface area is 120 Å². The first kappa shape index (κ1) is 14.4. The van der Waals surface area contributed by atoms with E-state index in [1.54, 1.807) is 13.3 Å². The largest absolute Gasteiger partial charge is 0.497 e. The molecule has 2 rings (SSSR count). The normalized spacial score (nSPS) is 11.2. The molecule has 3 heteroatoms. The molecule has 0 aliphatic carbocycles. The summed E-state index contributed by atoms with van der Waals surface area (Å²) in [7, 11) is 1.66. The quantitative estimate of drug-likeness (QED) is 0.843. The van der Waals surface area contributed by atoms with Crippen molar-refractivity contribution in [3.63, 3.8) is 0 Å². The number of rotatable bonds is 4. The molecule has 0 saturated heterocycles. The fourth-order valence-electron chi connectivity index (χ4n) is 1.80. The van der Waals surface area contributed by atoms with Crippen molar-refractivity contribution >= 4 is 0 Å². The predicted molar refractivity (Wildman–Crippen MR) is 80.3 cm³/mol. The molecule has 0 amide bonds. The highest BCUT2D eigenvalue weighted by Gasteiger charge is 2.14. The van der Waals surface area contributed by atoms with E-state index in [0.717, 1.165) is 22.8 Å². The van der Waals surface area contributed by atoms with Crippen molar-refractivity contribution in [3.05, 3.63) is 53.9 Å². The van der Waals surface area contributed by atoms with Gasteiger partial charge in [-0.3, -0.25) is 4.98 Å². The van der Waals surface area contributed by atoms with Gasteiger partial charge in [-0.1, -0.05) is 32.9 Å². The van der Waals surface area contributed by atoms with Crippen LogP contribution in [0.3, 0.4) is 0 Å². The summed E-state index contributed by atoms with van der Waals surface area (Å²) in [6.45, 7) is 6.97. The number of benzene rings is 1. The predicted octanol–water partition coefficient (Wildman–Crippen LogP) is 3.97. The lowest BCUT2D eigenvalue weighted by Gasteiger charge is -2.17. The van der Waals surface area contributed by atoms with Crippen molar-refractivity contribution in [1.29, 1.82) is 0 Å². The van der Waals surface area contributed by atoms with Gasteiger partial charge in [0, 0.05) is 11.1 Å². The van der Waals surface area contributed by atoms with E-state index < -0.39 is 0 Å². The van der Waals surface area contributed by atoms with E-state index >= 15 is 0 Å². The zero-order chi connectivity index (χ0) is 14.6. The van der Waals surface area contributed by atoms with Crippen LogP contribution in [0.4, 0.5) is 0 Å². The molecule has 1 heterocycles. The molecule has 20 heavy (non-hydrogen) atoms. The molecule has 0 fully saturated rings. The Hall–Kier alpha value is -2.03. The fourth-order valence-corrected chi connectivity index (χ4v) is 1.80. The van der Waals surface area contributed by atoms with Crippen LogP contribution in [0.2, 0.25) is 0 Å². The van der Waals surface area contributed by atoms with Gasteiger partial charge in [-0.25, -0.2) is 0 Å². The van der Waals surface area contributed by atoms with E-state index in [1.165, 1.54) is 0 Å². The molecule has 1 aromatic carbocycles. The topological polar surface area (TPSA) is 31.4 Å². The Morgan fingerprint density at radius 1 is 0.950 bits per heavy atom. The fraction of sp³-hybridized carbons (Fsp3) is 0.353. The first-order valence-electron chi connectivity index (χ1n) is 6.71. The van der Waals surface area contributed by atoms with Gasteiger partial charge in [0.2, 0.25) is 0 Å². The smallest absolute Gasteiger partial charge is 0.138 e. The van der Waals surface area contributed by atoms with Crippen LogP contribution in [-0.2, 0) is 12.0 Å². The Bertz CT molecular complexity index is 539. The van der Waals surface area contributed by atoms with Gasteiger partial charge in [0.25, 0.3) is 0 Å². The van der Waals surface area contributed by atoms with Gasteiger partial charge in [0.05, 0.1) is 13.3 Å². The third-order valence-electron chi connectivity index (χ3n) is 3.07. The molecule has 0 saturated carbocycles. The third kappa shape index (κ3) is 3.73.